The fraction of sp³-hybridized carbons (Fsp3) is 0.467. The van der Waals surface area contributed by atoms with Crippen LogP contribution in [-0.2, 0) is 22.3 Å². The van der Waals surface area contributed by atoms with Gasteiger partial charge in [-0.1, -0.05) is 18.9 Å². The molecule has 0 unspecified atom stereocenters. The number of fused-ring (bicyclic) bond motifs is 2. The number of hydrogen-bond donors (Lipinski definition) is 2. The molecule has 2 amide bonds. The van der Waals surface area contributed by atoms with E-state index in [2.05, 4.69) is 20.9 Å². The molecule has 10 nitrogen and oxygen atoms in total. The second kappa shape index (κ2) is 13.8. The number of esters is 1. The average molecular weight is 551 g/mol. The summed E-state index contributed by atoms with van der Waals surface area (Å²) >= 11 is 0. The monoisotopic (exact) mass is 550 g/mol. The summed E-state index contributed by atoms with van der Waals surface area (Å²) < 4.78 is 10.0. The number of unbranched alkanes of at least 4 members (excludes halogenated alkanes) is 3. The predicted molar refractivity (Wildman–Crippen MR) is 151 cm³/mol. The Morgan fingerprint density at radius 2 is 1.45 bits per heavy atom. The number of carbonyl (C=O) groups excluding carboxylic acids is 4. The maximum absolute atomic E-state index is 12.7. The van der Waals surface area contributed by atoms with Crippen molar-refractivity contribution >= 4 is 35.1 Å². The zero-order valence-corrected chi connectivity index (χ0v) is 23.9. The molecule has 1 aliphatic heterocycles. The van der Waals surface area contributed by atoms with E-state index in [1.165, 1.54) is 20.1 Å². The van der Waals surface area contributed by atoms with Crippen LogP contribution in [0.3, 0.4) is 0 Å². The van der Waals surface area contributed by atoms with Gasteiger partial charge in [-0.05, 0) is 88.8 Å². The van der Waals surface area contributed by atoms with Crippen molar-refractivity contribution in [2.45, 2.75) is 71.8 Å². The van der Waals surface area contributed by atoms with Gasteiger partial charge in [0.15, 0.2) is 5.78 Å². The molecule has 0 atom stereocenters. The number of hydrogen-bond acceptors (Lipinski definition) is 8. The van der Waals surface area contributed by atoms with Crippen molar-refractivity contribution in [3.8, 4) is 0 Å². The standard InChI is InChI=1S/C30H38N4O6/c1-19(35)23-16-21-12-10-20-11-13-22(17-25(20)33-34-26(21)18-24(23)28(37)39-5)27(36)31-14-8-6-7-9-15-32-29(38)40-30(2,3)4/h11,13,16-18H,6-10,12,14-15H2,1-5H3,(H,31,36)(H,32,38). The topological polar surface area (TPSA) is 136 Å². The van der Waals surface area contributed by atoms with Crippen molar-refractivity contribution in [1.29, 1.82) is 0 Å². The molecule has 0 aliphatic carbocycles. The fourth-order valence-corrected chi connectivity index (χ4v) is 4.30. The number of rotatable bonds is 10. The van der Waals surface area contributed by atoms with Gasteiger partial charge in [0.05, 0.1) is 24.0 Å². The SMILES string of the molecule is COC(=O)c1cc2c(cc1C(C)=O)CCc1ccc(C(=O)NCCCCCCNC(=O)OC(C)(C)C)cc1N=N2. The van der Waals surface area contributed by atoms with Gasteiger partial charge in [0.25, 0.3) is 5.91 Å². The van der Waals surface area contributed by atoms with Crippen LogP contribution < -0.4 is 10.6 Å². The normalized spacial score (nSPS) is 12.3. The second-order valence-corrected chi connectivity index (χ2v) is 10.7. The molecule has 1 heterocycles. The van der Waals surface area contributed by atoms with Gasteiger partial charge in [0.1, 0.15) is 5.60 Å². The Balaban J connectivity index is 1.54. The number of nitrogens with one attached hydrogen (secondary N) is 2. The number of nitrogens with zero attached hydrogens (tertiary/aromatic N) is 2. The van der Waals surface area contributed by atoms with Gasteiger partial charge in [-0.2, -0.15) is 10.2 Å². The third-order valence-electron chi connectivity index (χ3n) is 6.34. The highest BCUT2D eigenvalue weighted by molar-refractivity contribution is 6.06. The molecule has 2 aromatic rings. The number of ether oxygens (including phenoxy) is 2. The van der Waals surface area contributed by atoms with Gasteiger partial charge >= 0.3 is 12.1 Å². The minimum atomic E-state index is -0.609. The summed E-state index contributed by atoms with van der Waals surface area (Å²) in [5, 5.41) is 14.4. The molecule has 2 aromatic carbocycles. The number of carbonyl (C=O) groups is 4. The summed E-state index contributed by atoms with van der Waals surface area (Å²) in [6, 6.07) is 8.59. The van der Waals surface area contributed by atoms with E-state index in [0.717, 1.165) is 36.8 Å². The van der Waals surface area contributed by atoms with Crippen molar-refractivity contribution in [3.05, 3.63) is 58.1 Å². The molecular formula is C30H38N4O6. The maximum Gasteiger partial charge on any atom is 0.407 e. The lowest BCUT2D eigenvalue weighted by atomic mass is 9.94. The molecular weight excluding hydrogens is 512 g/mol. The summed E-state index contributed by atoms with van der Waals surface area (Å²) in [5.74, 6) is -1.03. The van der Waals surface area contributed by atoms with Crippen molar-refractivity contribution in [1.82, 2.24) is 10.6 Å². The fourth-order valence-electron chi connectivity index (χ4n) is 4.30. The molecule has 0 bridgehead atoms. The molecule has 3 rings (SSSR count). The Morgan fingerprint density at radius 3 is 2.08 bits per heavy atom. The first kappa shape index (κ1) is 30.5. The maximum atomic E-state index is 12.7. The van der Waals surface area contributed by atoms with E-state index in [1.807, 2.05) is 26.8 Å². The van der Waals surface area contributed by atoms with Crippen molar-refractivity contribution < 1.29 is 28.7 Å². The molecule has 0 saturated heterocycles. The Bertz CT molecular complexity index is 1300. The highest BCUT2D eigenvalue weighted by Crippen LogP contribution is 2.33. The average Bonchev–Trinajstić information content (AvgIpc) is 2.89. The molecule has 214 valence electrons. The second-order valence-electron chi connectivity index (χ2n) is 10.7. The van der Waals surface area contributed by atoms with Crippen molar-refractivity contribution in [2.24, 2.45) is 10.2 Å². The van der Waals surface area contributed by atoms with E-state index in [4.69, 9.17) is 9.47 Å². The third kappa shape index (κ3) is 8.72. The lowest BCUT2D eigenvalue weighted by Crippen LogP contribution is -2.33. The zero-order valence-electron chi connectivity index (χ0n) is 23.9. The third-order valence-corrected chi connectivity index (χ3v) is 6.34. The number of amides is 2. The van der Waals surface area contributed by atoms with E-state index >= 15 is 0 Å². The highest BCUT2D eigenvalue weighted by Gasteiger charge is 2.21. The molecule has 2 N–H and O–H groups in total. The summed E-state index contributed by atoms with van der Waals surface area (Å²) in [4.78, 5) is 48.7. The summed E-state index contributed by atoms with van der Waals surface area (Å²) in [6.45, 7) is 7.98. The lowest BCUT2D eigenvalue weighted by molar-refractivity contribution is 0.0525. The largest absolute Gasteiger partial charge is 0.465 e. The molecule has 0 saturated carbocycles. The highest BCUT2D eigenvalue weighted by atomic mass is 16.6. The van der Waals surface area contributed by atoms with E-state index < -0.39 is 17.7 Å². The number of alkyl carbamates (subject to hydrolysis) is 1. The van der Waals surface area contributed by atoms with Gasteiger partial charge in [-0.25, -0.2) is 9.59 Å². The van der Waals surface area contributed by atoms with Crippen LogP contribution in [0, 0.1) is 0 Å². The van der Waals surface area contributed by atoms with Gasteiger partial charge in [0.2, 0.25) is 0 Å². The molecule has 1 aliphatic rings. The summed E-state index contributed by atoms with van der Waals surface area (Å²) in [6.07, 6.45) is 4.34. The minimum absolute atomic E-state index is 0.154. The quantitative estimate of drug-likeness (QED) is 0.211. The molecule has 40 heavy (non-hydrogen) atoms. The zero-order chi connectivity index (χ0) is 29.3. The van der Waals surface area contributed by atoms with Crippen LogP contribution in [0.1, 0.15) is 95.6 Å². The number of methoxy groups -OCH3 is 1. The van der Waals surface area contributed by atoms with E-state index in [1.54, 1.807) is 18.2 Å². The van der Waals surface area contributed by atoms with Crippen LogP contribution in [-0.4, -0.2) is 49.6 Å². The van der Waals surface area contributed by atoms with Crippen LogP contribution in [0.15, 0.2) is 40.6 Å². The number of benzene rings is 2. The van der Waals surface area contributed by atoms with Crippen LogP contribution >= 0.6 is 0 Å². The first-order chi connectivity index (χ1) is 19.0. The first-order valence-corrected chi connectivity index (χ1v) is 13.5. The number of aryl methyl sites for hydroxylation is 2. The molecule has 0 spiro atoms. The Labute approximate surface area is 234 Å². The number of azo groups is 1. The van der Waals surface area contributed by atoms with Crippen LogP contribution in [0.2, 0.25) is 0 Å². The Kier molecular flexibility index (Phi) is 10.5. The van der Waals surface area contributed by atoms with Gasteiger partial charge in [-0.15, -0.1) is 0 Å². The van der Waals surface area contributed by atoms with E-state index in [-0.39, 0.29) is 17.3 Å². The van der Waals surface area contributed by atoms with Crippen molar-refractivity contribution in [3.63, 3.8) is 0 Å². The Hall–Kier alpha value is -4.08. The predicted octanol–water partition coefficient (Wildman–Crippen LogP) is 6.00. The first-order valence-electron chi connectivity index (χ1n) is 13.5. The van der Waals surface area contributed by atoms with Gasteiger partial charge in [-0.3, -0.25) is 9.59 Å². The number of ketones is 1. The summed E-state index contributed by atoms with van der Waals surface area (Å²) in [7, 11) is 1.26. The van der Waals surface area contributed by atoms with Crippen LogP contribution in [0.5, 0.6) is 0 Å². The summed E-state index contributed by atoms with van der Waals surface area (Å²) in [5.41, 5.74) is 3.26. The van der Waals surface area contributed by atoms with Gasteiger partial charge in [0, 0.05) is 24.2 Å². The molecule has 0 radical (unpaired) electrons. The molecule has 10 heteroatoms. The van der Waals surface area contributed by atoms with E-state index in [0.29, 0.717) is 48.4 Å². The number of Topliss-reactive ketones (excluding diaryl/α,β-unsaturated/α-hetero) is 1. The van der Waals surface area contributed by atoms with Crippen LogP contribution in [0.25, 0.3) is 0 Å². The van der Waals surface area contributed by atoms with Gasteiger partial charge < -0.3 is 20.1 Å². The van der Waals surface area contributed by atoms with Crippen LogP contribution in [0.4, 0.5) is 16.2 Å². The minimum Gasteiger partial charge on any atom is -0.465 e. The smallest absolute Gasteiger partial charge is 0.407 e. The Morgan fingerprint density at radius 1 is 0.825 bits per heavy atom. The molecule has 0 aromatic heterocycles. The lowest BCUT2D eigenvalue weighted by Gasteiger charge is -2.19. The van der Waals surface area contributed by atoms with E-state index in [9.17, 15) is 19.2 Å². The molecule has 0 fully saturated rings. The van der Waals surface area contributed by atoms with Crippen molar-refractivity contribution in [2.75, 3.05) is 20.2 Å².